The Labute approximate surface area is 75.6 Å². The topological polar surface area (TPSA) is 67.6 Å². The average Bonchev–Trinajstić information content (AvgIpc) is 2.26. The monoisotopic (exact) mass is 180 g/mol. The SMILES string of the molecule is Cc1nn(C)c(N)c1C(=S)C#N. The summed E-state index contributed by atoms with van der Waals surface area (Å²) in [6, 6.07) is 1.87. The first-order valence-electron chi connectivity index (χ1n) is 3.31. The fourth-order valence-electron chi connectivity index (χ4n) is 1.01. The quantitative estimate of drug-likeness (QED) is 0.506. The van der Waals surface area contributed by atoms with Crippen LogP contribution >= 0.6 is 12.2 Å². The highest BCUT2D eigenvalue weighted by Crippen LogP contribution is 2.15. The number of hydrogen-bond donors (Lipinski definition) is 1. The van der Waals surface area contributed by atoms with E-state index in [1.165, 1.54) is 4.68 Å². The summed E-state index contributed by atoms with van der Waals surface area (Å²) in [7, 11) is 1.71. The summed E-state index contributed by atoms with van der Waals surface area (Å²) in [4.78, 5) is 0.193. The van der Waals surface area contributed by atoms with Crippen LogP contribution < -0.4 is 5.73 Å². The number of nitrogen functional groups attached to an aromatic ring is 1. The Morgan fingerprint density at radius 2 is 2.33 bits per heavy atom. The van der Waals surface area contributed by atoms with Crippen molar-refractivity contribution in [3.8, 4) is 6.07 Å². The van der Waals surface area contributed by atoms with Gasteiger partial charge in [0.15, 0.2) is 0 Å². The molecule has 0 unspecified atom stereocenters. The van der Waals surface area contributed by atoms with Crippen molar-refractivity contribution in [1.29, 1.82) is 5.26 Å². The highest BCUT2D eigenvalue weighted by molar-refractivity contribution is 7.81. The minimum Gasteiger partial charge on any atom is -0.383 e. The van der Waals surface area contributed by atoms with Crippen LogP contribution in [0.5, 0.6) is 0 Å². The maximum atomic E-state index is 8.56. The van der Waals surface area contributed by atoms with Crippen LogP contribution in [0.1, 0.15) is 11.3 Å². The Kier molecular flexibility index (Phi) is 2.11. The van der Waals surface area contributed by atoms with Crippen LogP contribution in [0.3, 0.4) is 0 Å². The van der Waals surface area contributed by atoms with Gasteiger partial charge in [0.25, 0.3) is 0 Å². The molecule has 1 aromatic heterocycles. The van der Waals surface area contributed by atoms with E-state index in [0.717, 1.165) is 0 Å². The lowest BCUT2D eigenvalue weighted by atomic mass is 10.2. The van der Waals surface area contributed by atoms with Crippen molar-refractivity contribution in [2.24, 2.45) is 7.05 Å². The molecule has 12 heavy (non-hydrogen) atoms. The molecule has 0 radical (unpaired) electrons. The molecule has 4 nitrogen and oxygen atoms in total. The first-order valence-corrected chi connectivity index (χ1v) is 3.72. The van der Waals surface area contributed by atoms with Crippen LogP contribution in [0.2, 0.25) is 0 Å². The molecule has 0 spiro atoms. The van der Waals surface area contributed by atoms with E-state index in [-0.39, 0.29) is 4.86 Å². The van der Waals surface area contributed by atoms with Gasteiger partial charge in [-0.15, -0.1) is 0 Å². The first kappa shape index (κ1) is 8.68. The predicted octanol–water partition coefficient (Wildman–Crippen LogP) is 0.552. The van der Waals surface area contributed by atoms with Crippen LogP contribution in [-0.2, 0) is 7.05 Å². The molecule has 1 heterocycles. The van der Waals surface area contributed by atoms with Crippen LogP contribution in [0.4, 0.5) is 5.82 Å². The van der Waals surface area contributed by atoms with Crippen molar-refractivity contribution < 1.29 is 0 Å². The molecule has 0 atom stereocenters. The first-order chi connectivity index (χ1) is 5.57. The molecule has 0 aliphatic heterocycles. The summed E-state index contributed by atoms with van der Waals surface area (Å²) in [6.45, 7) is 1.77. The minimum absolute atomic E-state index is 0.193. The summed E-state index contributed by atoms with van der Waals surface area (Å²) in [5.74, 6) is 0.444. The number of nitrogens with two attached hydrogens (primary N) is 1. The number of nitriles is 1. The molecular formula is C7H8N4S. The molecule has 0 bridgehead atoms. The van der Waals surface area contributed by atoms with Gasteiger partial charge in [-0.2, -0.15) is 10.4 Å². The Balaban J connectivity index is 3.34. The van der Waals surface area contributed by atoms with E-state index < -0.39 is 0 Å². The highest BCUT2D eigenvalue weighted by Gasteiger charge is 2.13. The molecule has 2 N–H and O–H groups in total. The third-order valence-corrected chi connectivity index (χ3v) is 1.89. The second-order valence-electron chi connectivity index (χ2n) is 2.41. The second-order valence-corrected chi connectivity index (χ2v) is 2.82. The average molecular weight is 180 g/mol. The van der Waals surface area contributed by atoms with E-state index in [9.17, 15) is 0 Å². The summed E-state index contributed by atoms with van der Waals surface area (Å²) in [6.07, 6.45) is 0. The molecular weight excluding hydrogens is 172 g/mol. The molecule has 1 aromatic rings. The molecule has 0 saturated carbocycles. The molecule has 5 heteroatoms. The minimum atomic E-state index is 0.193. The van der Waals surface area contributed by atoms with E-state index >= 15 is 0 Å². The van der Waals surface area contributed by atoms with Crippen LogP contribution in [0.25, 0.3) is 0 Å². The van der Waals surface area contributed by atoms with E-state index in [0.29, 0.717) is 17.1 Å². The number of anilines is 1. The zero-order valence-electron chi connectivity index (χ0n) is 6.83. The number of nitrogens with zero attached hydrogens (tertiary/aromatic N) is 3. The zero-order valence-corrected chi connectivity index (χ0v) is 7.64. The highest BCUT2D eigenvalue weighted by atomic mass is 32.1. The normalized spacial score (nSPS) is 9.42. The summed E-state index contributed by atoms with van der Waals surface area (Å²) < 4.78 is 1.51. The van der Waals surface area contributed by atoms with Gasteiger partial charge in [0, 0.05) is 7.05 Å². The van der Waals surface area contributed by atoms with Gasteiger partial charge in [-0.05, 0) is 6.92 Å². The van der Waals surface area contributed by atoms with Gasteiger partial charge >= 0.3 is 0 Å². The van der Waals surface area contributed by atoms with Gasteiger partial charge in [-0.1, -0.05) is 12.2 Å². The molecule has 1 rings (SSSR count). The smallest absolute Gasteiger partial charge is 0.131 e. The van der Waals surface area contributed by atoms with Gasteiger partial charge in [-0.25, -0.2) is 0 Å². The molecule has 0 aliphatic carbocycles. The van der Waals surface area contributed by atoms with E-state index in [4.69, 9.17) is 23.2 Å². The number of thiocarbonyl (C=S) groups is 1. The van der Waals surface area contributed by atoms with Gasteiger partial charge in [-0.3, -0.25) is 4.68 Å². The van der Waals surface area contributed by atoms with E-state index in [1.54, 1.807) is 14.0 Å². The van der Waals surface area contributed by atoms with E-state index in [2.05, 4.69) is 5.10 Å². The standard InChI is InChI=1S/C7H8N4S/c1-4-6(5(12)3-8)7(9)11(2)10-4/h9H2,1-2H3. The maximum absolute atomic E-state index is 8.56. The molecule has 0 fully saturated rings. The van der Waals surface area contributed by atoms with Crippen molar-refractivity contribution in [3.05, 3.63) is 11.3 Å². The van der Waals surface area contributed by atoms with Gasteiger partial charge < -0.3 is 5.73 Å². The zero-order chi connectivity index (χ0) is 9.30. The number of aromatic nitrogens is 2. The lowest BCUT2D eigenvalue weighted by Gasteiger charge is -1.94. The third-order valence-electron chi connectivity index (χ3n) is 1.60. The molecule has 0 aromatic carbocycles. The van der Waals surface area contributed by atoms with Crippen LogP contribution in [0, 0.1) is 18.3 Å². The third kappa shape index (κ3) is 1.17. The Hall–Kier alpha value is -1.41. The molecule has 0 saturated heterocycles. The number of rotatable bonds is 1. The lowest BCUT2D eigenvalue weighted by molar-refractivity contribution is 0.767. The summed E-state index contributed by atoms with van der Waals surface area (Å²) >= 11 is 4.82. The predicted molar refractivity (Wildman–Crippen MR) is 49.7 cm³/mol. The van der Waals surface area contributed by atoms with Crippen molar-refractivity contribution in [2.45, 2.75) is 6.92 Å². The van der Waals surface area contributed by atoms with Gasteiger partial charge in [0.1, 0.15) is 16.8 Å². The Morgan fingerprint density at radius 3 is 2.67 bits per heavy atom. The fraction of sp³-hybridized carbons (Fsp3) is 0.286. The molecule has 62 valence electrons. The van der Waals surface area contributed by atoms with Gasteiger partial charge in [0.2, 0.25) is 0 Å². The summed E-state index contributed by atoms with van der Waals surface area (Å²) in [5, 5.41) is 12.6. The number of hydrogen-bond acceptors (Lipinski definition) is 4. The van der Waals surface area contributed by atoms with Crippen molar-refractivity contribution in [1.82, 2.24) is 9.78 Å². The maximum Gasteiger partial charge on any atom is 0.131 e. The van der Waals surface area contributed by atoms with Gasteiger partial charge in [0.05, 0.1) is 11.3 Å². The fourth-order valence-corrected chi connectivity index (χ4v) is 1.26. The largest absolute Gasteiger partial charge is 0.383 e. The summed E-state index contributed by atoms with van der Waals surface area (Å²) in [5.41, 5.74) is 6.92. The van der Waals surface area contributed by atoms with Crippen LogP contribution in [-0.4, -0.2) is 14.6 Å². The van der Waals surface area contributed by atoms with Crippen molar-refractivity contribution in [3.63, 3.8) is 0 Å². The second kappa shape index (κ2) is 2.91. The molecule has 0 aliphatic rings. The van der Waals surface area contributed by atoms with Crippen LogP contribution in [0.15, 0.2) is 0 Å². The van der Waals surface area contributed by atoms with Crippen molar-refractivity contribution in [2.75, 3.05) is 5.73 Å². The van der Waals surface area contributed by atoms with E-state index in [1.807, 2.05) is 6.07 Å². The molecule has 0 amide bonds. The lowest BCUT2D eigenvalue weighted by Crippen LogP contribution is -2.02. The van der Waals surface area contributed by atoms with Crippen molar-refractivity contribution >= 4 is 22.9 Å². The Bertz CT molecular complexity index is 371. The number of aryl methyl sites for hydroxylation is 2. The Morgan fingerprint density at radius 1 is 1.75 bits per heavy atom.